The van der Waals surface area contributed by atoms with E-state index < -0.39 is 16.1 Å². The third kappa shape index (κ3) is 4.45. The van der Waals surface area contributed by atoms with Crippen LogP contribution >= 0.6 is 0 Å². The quantitative estimate of drug-likeness (QED) is 0.710. The van der Waals surface area contributed by atoms with Gasteiger partial charge in [0.25, 0.3) is 0 Å². The van der Waals surface area contributed by atoms with Crippen LogP contribution < -0.4 is 4.90 Å². The monoisotopic (exact) mass is 445 g/mol. The van der Waals surface area contributed by atoms with Crippen LogP contribution in [0.1, 0.15) is 25.7 Å². The molecule has 1 unspecified atom stereocenters. The van der Waals surface area contributed by atoms with Crippen molar-refractivity contribution < 1.29 is 17.6 Å². The molecule has 2 aliphatic heterocycles. The predicted octanol–water partition coefficient (Wildman–Crippen LogP) is 3.11. The number of anilines is 1. The van der Waals surface area contributed by atoms with E-state index in [-0.39, 0.29) is 22.7 Å². The van der Waals surface area contributed by atoms with E-state index in [0.29, 0.717) is 19.4 Å². The van der Waals surface area contributed by atoms with Gasteiger partial charge in [-0.05, 0) is 62.1 Å². The van der Waals surface area contributed by atoms with Gasteiger partial charge in [-0.1, -0.05) is 18.2 Å². The zero-order valence-corrected chi connectivity index (χ0v) is 18.5. The fraction of sp³-hybridized carbons (Fsp3) is 0.435. The van der Waals surface area contributed by atoms with Crippen molar-refractivity contribution in [3.05, 3.63) is 60.4 Å². The molecular weight excluding hydrogens is 417 g/mol. The highest BCUT2D eigenvalue weighted by molar-refractivity contribution is 7.89. The first kappa shape index (κ1) is 21.8. The van der Waals surface area contributed by atoms with Crippen molar-refractivity contribution in [2.45, 2.75) is 42.7 Å². The van der Waals surface area contributed by atoms with E-state index in [1.54, 1.807) is 54.4 Å². The van der Waals surface area contributed by atoms with Gasteiger partial charge in [0.15, 0.2) is 0 Å². The van der Waals surface area contributed by atoms with Crippen molar-refractivity contribution >= 4 is 21.6 Å². The van der Waals surface area contributed by atoms with E-state index in [1.165, 1.54) is 16.4 Å². The van der Waals surface area contributed by atoms with Crippen molar-refractivity contribution in [1.29, 1.82) is 0 Å². The number of amides is 1. The molecule has 31 heavy (non-hydrogen) atoms. The molecule has 8 heteroatoms. The summed E-state index contributed by atoms with van der Waals surface area (Å²) in [6.45, 7) is 1.90. The van der Waals surface area contributed by atoms with E-state index in [1.807, 2.05) is 0 Å². The summed E-state index contributed by atoms with van der Waals surface area (Å²) in [5, 5.41) is 0. The summed E-state index contributed by atoms with van der Waals surface area (Å²) in [7, 11) is -1.91. The van der Waals surface area contributed by atoms with Gasteiger partial charge in [0.05, 0.1) is 4.90 Å². The molecule has 2 aromatic rings. The standard InChI is InChI=1S/C23H28FN3O3S/c1-25(19-13-16-26(17-14-19)20-11-9-18(24)10-12-20)23(28)22-8-5-15-27(22)31(29,30)21-6-3-2-4-7-21/h2-4,6-7,9-12,19,22H,5,8,13-17H2,1H3. The molecule has 2 fully saturated rings. The first-order chi connectivity index (χ1) is 14.9. The minimum atomic E-state index is -3.70. The maximum absolute atomic E-state index is 13.3. The van der Waals surface area contributed by atoms with Gasteiger partial charge in [-0.25, -0.2) is 12.8 Å². The van der Waals surface area contributed by atoms with Crippen LogP contribution in [0.3, 0.4) is 0 Å². The molecular formula is C23H28FN3O3S. The maximum Gasteiger partial charge on any atom is 0.243 e. The lowest BCUT2D eigenvalue weighted by molar-refractivity contribution is -0.135. The number of halogens is 1. The summed E-state index contributed by atoms with van der Waals surface area (Å²) in [6.07, 6.45) is 2.80. The zero-order chi connectivity index (χ0) is 22.0. The molecule has 0 N–H and O–H groups in total. The zero-order valence-electron chi connectivity index (χ0n) is 17.7. The Morgan fingerprint density at radius 2 is 1.61 bits per heavy atom. The Morgan fingerprint density at radius 1 is 0.968 bits per heavy atom. The summed E-state index contributed by atoms with van der Waals surface area (Å²) in [5.41, 5.74) is 0.977. The van der Waals surface area contributed by atoms with E-state index in [4.69, 9.17) is 0 Å². The lowest BCUT2D eigenvalue weighted by Crippen LogP contribution is -2.52. The smallest absolute Gasteiger partial charge is 0.243 e. The molecule has 0 aromatic heterocycles. The van der Waals surface area contributed by atoms with Gasteiger partial charge in [-0.15, -0.1) is 0 Å². The Hall–Kier alpha value is -2.45. The molecule has 1 atom stereocenters. The molecule has 166 valence electrons. The highest BCUT2D eigenvalue weighted by atomic mass is 32.2. The Balaban J connectivity index is 1.41. The number of hydrogen-bond donors (Lipinski definition) is 0. The topological polar surface area (TPSA) is 60.9 Å². The fourth-order valence-electron chi connectivity index (χ4n) is 4.58. The summed E-state index contributed by atoms with van der Waals surface area (Å²) >= 11 is 0. The molecule has 2 aliphatic rings. The van der Waals surface area contributed by atoms with Crippen molar-refractivity contribution in [3.8, 4) is 0 Å². The molecule has 0 radical (unpaired) electrons. The average molecular weight is 446 g/mol. The van der Waals surface area contributed by atoms with Gasteiger partial charge >= 0.3 is 0 Å². The highest BCUT2D eigenvalue weighted by Gasteiger charge is 2.41. The van der Waals surface area contributed by atoms with Crippen LogP contribution in [0.4, 0.5) is 10.1 Å². The highest BCUT2D eigenvalue weighted by Crippen LogP contribution is 2.29. The number of sulfonamides is 1. The minimum absolute atomic E-state index is 0.0612. The van der Waals surface area contributed by atoms with Gasteiger partial charge in [-0.2, -0.15) is 4.31 Å². The molecule has 4 rings (SSSR count). The van der Waals surface area contributed by atoms with E-state index >= 15 is 0 Å². The molecule has 2 aromatic carbocycles. The average Bonchev–Trinajstić information content (AvgIpc) is 3.30. The molecule has 0 spiro atoms. The number of carbonyl (C=O) groups is 1. The third-order valence-electron chi connectivity index (χ3n) is 6.39. The second-order valence-electron chi connectivity index (χ2n) is 8.23. The van der Waals surface area contributed by atoms with E-state index in [0.717, 1.165) is 31.6 Å². The molecule has 2 heterocycles. The third-order valence-corrected chi connectivity index (χ3v) is 8.31. The fourth-order valence-corrected chi connectivity index (χ4v) is 6.25. The van der Waals surface area contributed by atoms with E-state index in [9.17, 15) is 17.6 Å². The molecule has 0 saturated carbocycles. The molecule has 0 bridgehead atoms. The summed E-state index contributed by atoms with van der Waals surface area (Å²) in [5.74, 6) is -0.382. The van der Waals surface area contributed by atoms with Crippen LogP contribution in [-0.4, -0.2) is 62.3 Å². The predicted molar refractivity (Wildman–Crippen MR) is 118 cm³/mol. The number of hydrogen-bond acceptors (Lipinski definition) is 4. The molecule has 6 nitrogen and oxygen atoms in total. The number of piperidine rings is 1. The Bertz CT molecular complexity index is 1010. The lowest BCUT2D eigenvalue weighted by atomic mass is 10.0. The van der Waals surface area contributed by atoms with Crippen LogP contribution in [0.15, 0.2) is 59.5 Å². The number of nitrogens with zero attached hydrogens (tertiary/aromatic N) is 3. The lowest BCUT2D eigenvalue weighted by Gasteiger charge is -2.39. The van der Waals surface area contributed by atoms with Crippen LogP contribution in [-0.2, 0) is 14.8 Å². The molecule has 2 saturated heterocycles. The number of carbonyl (C=O) groups excluding carboxylic acids is 1. The van der Waals surface area contributed by atoms with Gasteiger partial charge in [0, 0.05) is 38.4 Å². The first-order valence-corrected chi connectivity index (χ1v) is 12.2. The Morgan fingerprint density at radius 3 is 2.26 bits per heavy atom. The second-order valence-corrected chi connectivity index (χ2v) is 10.1. The summed E-state index contributed by atoms with van der Waals surface area (Å²) < 4.78 is 40.7. The van der Waals surface area contributed by atoms with Crippen molar-refractivity contribution in [3.63, 3.8) is 0 Å². The van der Waals surface area contributed by atoms with Crippen LogP contribution in [0.25, 0.3) is 0 Å². The maximum atomic E-state index is 13.3. The van der Waals surface area contributed by atoms with Crippen LogP contribution in [0, 0.1) is 5.82 Å². The first-order valence-electron chi connectivity index (χ1n) is 10.7. The Labute approximate surface area is 183 Å². The normalized spacial score (nSPS) is 20.7. The van der Waals surface area contributed by atoms with Gasteiger partial charge in [0.2, 0.25) is 15.9 Å². The van der Waals surface area contributed by atoms with Crippen molar-refractivity contribution in [1.82, 2.24) is 9.21 Å². The number of rotatable bonds is 5. The summed E-state index contributed by atoms with van der Waals surface area (Å²) in [4.78, 5) is 17.4. The van der Waals surface area contributed by atoms with Gasteiger partial charge in [0.1, 0.15) is 11.9 Å². The van der Waals surface area contributed by atoms with E-state index in [2.05, 4.69) is 4.90 Å². The second kappa shape index (κ2) is 8.96. The van der Waals surface area contributed by atoms with Gasteiger partial charge in [-0.3, -0.25) is 4.79 Å². The van der Waals surface area contributed by atoms with Crippen LogP contribution in [0.5, 0.6) is 0 Å². The Kier molecular flexibility index (Phi) is 6.29. The molecule has 1 amide bonds. The SMILES string of the molecule is CN(C(=O)C1CCCN1S(=O)(=O)c1ccccc1)C1CCN(c2ccc(F)cc2)CC1. The number of likely N-dealkylation sites (N-methyl/N-ethyl adjacent to an activating group) is 1. The largest absolute Gasteiger partial charge is 0.371 e. The minimum Gasteiger partial charge on any atom is -0.371 e. The summed E-state index contributed by atoms with van der Waals surface area (Å²) in [6, 6.07) is 14.2. The van der Waals surface area contributed by atoms with Crippen LogP contribution in [0.2, 0.25) is 0 Å². The number of benzene rings is 2. The van der Waals surface area contributed by atoms with Crippen molar-refractivity contribution in [2.75, 3.05) is 31.6 Å². The van der Waals surface area contributed by atoms with Crippen molar-refractivity contribution in [2.24, 2.45) is 0 Å². The van der Waals surface area contributed by atoms with Gasteiger partial charge < -0.3 is 9.80 Å². The molecule has 0 aliphatic carbocycles.